The number of H-pyrrole nitrogens is 1. The SMILES string of the molecule is O=c1[nH]c(Cc2ccc(OCCCn3ccc4ccccc43)cc2)no1. The molecule has 2 aromatic carbocycles. The van der Waals surface area contributed by atoms with E-state index in [-0.39, 0.29) is 0 Å². The standard InChI is InChI=1S/C20H19N3O3/c24-20-21-19(22-26-20)14-15-6-8-17(9-7-15)25-13-3-11-23-12-10-16-4-1-2-5-18(16)23/h1-2,4-10,12H,3,11,13-14H2,(H,21,22,24). The Balaban J connectivity index is 1.27. The highest BCUT2D eigenvalue weighted by molar-refractivity contribution is 5.79. The van der Waals surface area contributed by atoms with Gasteiger partial charge in [0.25, 0.3) is 0 Å². The first-order valence-corrected chi connectivity index (χ1v) is 8.58. The Morgan fingerprint density at radius 2 is 1.92 bits per heavy atom. The quantitative estimate of drug-likeness (QED) is 0.519. The molecule has 6 nitrogen and oxygen atoms in total. The molecule has 0 saturated carbocycles. The molecule has 0 fully saturated rings. The molecule has 6 heteroatoms. The number of aromatic nitrogens is 3. The molecular formula is C20H19N3O3. The highest BCUT2D eigenvalue weighted by atomic mass is 16.5. The summed E-state index contributed by atoms with van der Waals surface area (Å²) in [6.45, 7) is 1.58. The summed E-state index contributed by atoms with van der Waals surface area (Å²) in [7, 11) is 0. The maximum absolute atomic E-state index is 10.9. The van der Waals surface area contributed by atoms with Crippen molar-refractivity contribution in [1.82, 2.24) is 14.7 Å². The first-order valence-electron chi connectivity index (χ1n) is 8.58. The molecule has 0 amide bonds. The molecule has 2 heterocycles. The van der Waals surface area contributed by atoms with Crippen LogP contribution in [0.15, 0.2) is 70.1 Å². The third kappa shape index (κ3) is 3.69. The Kier molecular flexibility index (Phi) is 4.55. The van der Waals surface area contributed by atoms with Gasteiger partial charge in [-0.1, -0.05) is 35.5 Å². The highest BCUT2D eigenvalue weighted by Crippen LogP contribution is 2.16. The van der Waals surface area contributed by atoms with Crippen molar-refractivity contribution in [2.24, 2.45) is 0 Å². The van der Waals surface area contributed by atoms with E-state index in [1.807, 2.05) is 24.3 Å². The summed E-state index contributed by atoms with van der Waals surface area (Å²) in [5.41, 5.74) is 2.28. The van der Waals surface area contributed by atoms with Crippen LogP contribution in [-0.2, 0) is 13.0 Å². The number of ether oxygens (including phenoxy) is 1. The van der Waals surface area contributed by atoms with E-state index < -0.39 is 5.76 Å². The topological polar surface area (TPSA) is 73.1 Å². The van der Waals surface area contributed by atoms with E-state index in [0.717, 1.165) is 24.3 Å². The summed E-state index contributed by atoms with van der Waals surface area (Å²) in [4.78, 5) is 13.5. The van der Waals surface area contributed by atoms with Gasteiger partial charge in [0.05, 0.1) is 6.61 Å². The lowest BCUT2D eigenvalue weighted by atomic mass is 10.1. The zero-order chi connectivity index (χ0) is 17.8. The molecular weight excluding hydrogens is 330 g/mol. The Labute approximate surface area is 150 Å². The van der Waals surface area contributed by atoms with Gasteiger partial charge < -0.3 is 9.30 Å². The summed E-state index contributed by atoms with van der Waals surface area (Å²) < 4.78 is 12.6. The second-order valence-corrected chi connectivity index (χ2v) is 6.13. The number of rotatable bonds is 7. The summed E-state index contributed by atoms with van der Waals surface area (Å²) in [6.07, 6.45) is 3.57. The van der Waals surface area contributed by atoms with Crippen LogP contribution >= 0.6 is 0 Å². The lowest BCUT2D eigenvalue weighted by Crippen LogP contribution is -2.03. The normalized spacial score (nSPS) is 11.1. The van der Waals surface area contributed by atoms with Gasteiger partial charge in [-0.05, 0) is 41.6 Å². The smallest absolute Gasteiger partial charge is 0.438 e. The molecule has 0 atom stereocenters. The van der Waals surface area contributed by atoms with Gasteiger partial charge in [0, 0.05) is 24.7 Å². The molecule has 0 aliphatic carbocycles. The summed E-state index contributed by atoms with van der Waals surface area (Å²) in [5.74, 6) is 0.817. The minimum Gasteiger partial charge on any atom is -0.494 e. The fourth-order valence-corrected chi connectivity index (χ4v) is 2.99. The zero-order valence-corrected chi connectivity index (χ0v) is 14.2. The number of hydrogen-bond acceptors (Lipinski definition) is 4. The third-order valence-electron chi connectivity index (χ3n) is 4.27. The predicted molar refractivity (Wildman–Crippen MR) is 98.4 cm³/mol. The molecule has 1 N–H and O–H groups in total. The van der Waals surface area contributed by atoms with Gasteiger partial charge in [0.15, 0.2) is 5.82 Å². The van der Waals surface area contributed by atoms with E-state index in [4.69, 9.17) is 4.74 Å². The van der Waals surface area contributed by atoms with Gasteiger partial charge in [0.1, 0.15) is 5.75 Å². The van der Waals surface area contributed by atoms with E-state index in [1.54, 1.807) is 0 Å². The van der Waals surface area contributed by atoms with Crippen LogP contribution in [0.1, 0.15) is 17.8 Å². The van der Waals surface area contributed by atoms with Crippen molar-refractivity contribution >= 4 is 10.9 Å². The number of nitrogens with one attached hydrogen (secondary N) is 1. The van der Waals surface area contributed by atoms with Crippen LogP contribution in [-0.4, -0.2) is 21.3 Å². The number of aromatic amines is 1. The average molecular weight is 349 g/mol. The maximum Gasteiger partial charge on any atom is 0.438 e. The first-order chi connectivity index (χ1) is 12.8. The van der Waals surface area contributed by atoms with Crippen molar-refractivity contribution < 1.29 is 9.26 Å². The molecule has 0 saturated heterocycles. The molecule has 4 aromatic rings. The summed E-state index contributed by atoms with van der Waals surface area (Å²) in [6, 6.07) is 18.3. The zero-order valence-electron chi connectivity index (χ0n) is 14.2. The minimum atomic E-state index is -0.532. The van der Waals surface area contributed by atoms with Gasteiger partial charge in [-0.15, -0.1) is 0 Å². The summed E-state index contributed by atoms with van der Waals surface area (Å²) in [5, 5.41) is 4.93. The van der Waals surface area contributed by atoms with E-state index in [9.17, 15) is 4.79 Å². The number of nitrogens with zero attached hydrogens (tertiary/aromatic N) is 2. The van der Waals surface area contributed by atoms with E-state index in [2.05, 4.69) is 55.8 Å². The Morgan fingerprint density at radius 3 is 2.73 bits per heavy atom. The monoisotopic (exact) mass is 349 g/mol. The largest absolute Gasteiger partial charge is 0.494 e. The van der Waals surface area contributed by atoms with Crippen molar-refractivity contribution in [3.63, 3.8) is 0 Å². The molecule has 0 spiro atoms. The first kappa shape index (κ1) is 16.2. The number of para-hydroxylation sites is 1. The average Bonchev–Trinajstić information content (AvgIpc) is 3.26. The third-order valence-corrected chi connectivity index (χ3v) is 4.27. The second-order valence-electron chi connectivity index (χ2n) is 6.13. The van der Waals surface area contributed by atoms with Crippen LogP contribution in [0, 0.1) is 0 Å². The number of hydrogen-bond donors (Lipinski definition) is 1. The number of fused-ring (bicyclic) bond motifs is 1. The van der Waals surface area contributed by atoms with E-state index >= 15 is 0 Å². The molecule has 132 valence electrons. The van der Waals surface area contributed by atoms with Gasteiger partial charge >= 0.3 is 5.76 Å². The van der Waals surface area contributed by atoms with Crippen LogP contribution in [0.25, 0.3) is 10.9 Å². The molecule has 2 aromatic heterocycles. The Hall–Kier alpha value is -3.28. The second kappa shape index (κ2) is 7.31. The van der Waals surface area contributed by atoms with E-state index in [0.29, 0.717) is 18.9 Å². The van der Waals surface area contributed by atoms with Gasteiger partial charge in [-0.2, -0.15) is 0 Å². The predicted octanol–water partition coefficient (Wildman–Crippen LogP) is 3.38. The lowest BCUT2D eigenvalue weighted by Gasteiger charge is -2.08. The summed E-state index contributed by atoms with van der Waals surface area (Å²) >= 11 is 0. The molecule has 0 aliphatic rings. The molecule has 26 heavy (non-hydrogen) atoms. The van der Waals surface area contributed by atoms with Gasteiger partial charge in [0.2, 0.25) is 0 Å². The van der Waals surface area contributed by atoms with Crippen molar-refractivity contribution in [1.29, 1.82) is 0 Å². The molecule has 0 bridgehead atoms. The number of aryl methyl sites for hydroxylation is 1. The minimum absolute atomic E-state index is 0.516. The van der Waals surface area contributed by atoms with Crippen LogP contribution in [0.3, 0.4) is 0 Å². The van der Waals surface area contributed by atoms with Crippen molar-refractivity contribution in [2.45, 2.75) is 19.4 Å². The molecule has 4 rings (SSSR count). The number of benzene rings is 2. The van der Waals surface area contributed by atoms with Crippen molar-refractivity contribution in [2.75, 3.05) is 6.61 Å². The van der Waals surface area contributed by atoms with Gasteiger partial charge in [-0.25, -0.2) is 4.79 Å². The fourth-order valence-electron chi connectivity index (χ4n) is 2.99. The molecule has 0 unspecified atom stereocenters. The fraction of sp³-hybridized carbons (Fsp3) is 0.200. The van der Waals surface area contributed by atoms with Crippen molar-refractivity contribution in [3.05, 3.63) is 82.7 Å². The lowest BCUT2D eigenvalue weighted by molar-refractivity contribution is 0.302. The Morgan fingerprint density at radius 1 is 1.08 bits per heavy atom. The van der Waals surface area contributed by atoms with Crippen LogP contribution in [0.4, 0.5) is 0 Å². The van der Waals surface area contributed by atoms with Gasteiger partial charge in [-0.3, -0.25) is 9.51 Å². The molecule has 0 radical (unpaired) electrons. The van der Waals surface area contributed by atoms with Crippen molar-refractivity contribution in [3.8, 4) is 5.75 Å². The Bertz CT molecular complexity index is 1040. The van der Waals surface area contributed by atoms with Crippen LogP contribution in [0.2, 0.25) is 0 Å². The van der Waals surface area contributed by atoms with E-state index in [1.165, 1.54) is 10.9 Å². The molecule has 0 aliphatic heterocycles. The van der Waals surface area contributed by atoms with Crippen LogP contribution in [0.5, 0.6) is 5.75 Å². The van der Waals surface area contributed by atoms with Crippen LogP contribution < -0.4 is 10.5 Å². The highest BCUT2D eigenvalue weighted by Gasteiger charge is 2.03. The maximum atomic E-state index is 10.9.